The molecule has 29 heavy (non-hydrogen) atoms. The van der Waals surface area contributed by atoms with E-state index in [1.165, 1.54) is 21.8 Å². The minimum Gasteiger partial charge on any atom is -0.489 e. The van der Waals surface area contributed by atoms with Gasteiger partial charge in [0.1, 0.15) is 12.4 Å². The fourth-order valence-corrected chi connectivity index (χ4v) is 5.09. The van der Waals surface area contributed by atoms with Gasteiger partial charge in [0.15, 0.2) is 0 Å². The van der Waals surface area contributed by atoms with E-state index >= 15 is 0 Å². The van der Waals surface area contributed by atoms with E-state index < -0.39 is 0 Å². The molecular formula is C23H26N2O2S2. The van der Waals surface area contributed by atoms with Gasteiger partial charge in [0.05, 0.1) is 4.88 Å². The van der Waals surface area contributed by atoms with Crippen molar-refractivity contribution in [3.8, 4) is 5.75 Å². The molecule has 0 radical (unpaired) electrons. The lowest BCUT2D eigenvalue weighted by Crippen LogP contribution is -2.48. The molecule has 152 valence electrons. The number of ether oxygens (including phenoxy) is 1. The van der Waals surface area contributed by atoms with E-state index in [0.29, 0.717) is 6.61 Å². The molecule has 0 atom stereocenters. The molecular weight excluding hydrogens is 400 g/mol. The topological polar surface area (TPSA) is 32.8 Å². The highest BCUT2D eigenvalue weighted by atomic mass is 32.1. The molecule has 4 rings (SSSR count). The lowest BCUT2D eigenvalue weighted by Gasteiger charge is -2.34. The average Bonchev–Trinajstić information content (AvgIpc) is 3.41. The van der Waals surface area contributed by atoms with Crippen LogP contribution < -0.4 is 4.74 Å². The number of thiophene rings is 2. The van der Waals surface area contributed by atoms with Gasteiger partial charge in [-0.2, -0.15) is 0 Å². The van der Waals surface area contributed by atoms with Crippen LogP contribution >= 0.6 is 22.7 Å². The van der Waals surface area contributed by atoms with Crippen molar-refractivity contribution < 1.29 is 9.53 Å². The number of nitrogens with zero attached hydrogens (tertiary/aromatic N) is 2. The third-order valence-corrected chi connectivity index (χ3v) is 7.05. The molecule has 2 aromatic heterocycles. The van der Waals surface area contributed by atoms with Crippen LogP contribution in [0.15, 0.2) is 47.2 Å². The van der Waals surface area contributed by atoms with E-state index in [1.54, 1.807) is 11.3 Å². The third kappa shape index (κ3) is 5.07. The van der Waals surface area contributed by atoms with Crippen LogP contribution in [0.2, 0.25) is 0 Å². The first kappa shape index (κ1) is 20.1. The van der Waals surface area contributed by atoms with Crippen LogP contribution in [0.25, 0.3) is 0 Å². The van der Waals surface area contributed by atoms with Gasteiger partial charge in [-0.25, -0.2) is 0 Å². The maximum absolute atomic E-state index is 12.9. The second kappa shape index (κ2) is 9.11. The van der Waals surface area contributed by atoms with Crippen molar-refractivity contribution in [2.45, 2.75) is 27.0 Å². The molecule has 0 unspecified atom stereocenters. The normalized spacial score (nSPS) is 14.9. The second-order valence-electron chi connectivity index (χ2n) is 7.52. The molecule has 0 bridgehead atoms. The van der Waals surface area contributed by atoms with Crippen LogP contribution in [0.3, 0.4) is 0 Å². The molecule has 3 aromatic rings. The predicted molar refractivity (Wildman–Crippen MR) is 120 cm³/mol. The molecule has 1 fully saturated rings. The Bertz CT molecular complexity index is 957. The third-order valence-electron chi connectivity index (χ3n) is 5.22. The standard InChI is InChI=1S/C23H26N2O2S2/c1-17-5-6-18(2)21(12-17)27-15-19-13-22(29-16-19)23(26)25-9-7-24(8-10-25)14-20-4-3-11-28-20/h3-6,11-13,16H,7-10,14-15H2,1-2H3. The van der Waals surface area contributed by atoms with E-state index in [9.17, 15) is 4.79 Å². The summed E-state index contributed by atoms with van der Waals surface area (Å²) >= 11 is 3.31. The number of carbonyl (C=O) groups excluding carboxylic acids is 1. The van der Waals surface area contributed by atoms with Crippen LogP contribution in [-0.2, 0) is 13.2 Å². The highest BCUT2D eigenvalue weighted by molar-refractivity contribution is 7.12. The Morgan fingerprint density at radius 1 is 1.07 bits per heavy atom. The molecule has 0 aliphatic carbocycles. The molecule has 0 spiro atoms. The van der Waals surface area contributed by atoms with Gasteiger partial charge in [0.25, 0.3) is 5.91 Å². The van der Waals surface area contributed by atoms with Crippen LogP contribution in [0, 0.1) is 13.8 Å². The van der Waals surface area contributed by atoms with Crippen molar-refractivity contribution in [2.24, 2.45) is 0 Å². The quantitative estimate of drug-likeness (QED) is 0.558. The summed E-state index contributed by atoms with van der Waals surface area (Å²) in [6.07, 6.45) is 0. The summed E-state index contributed by atoms with van der Waals surface area (Å²) in [5.74, 6) is 1.05. The van der Waals surface area contributed by atoms with Gasteiger partial charge in [-0.05, 0) is 53.9 Å². The SMILES string of the molecule is Cc1ccc(C)c(OCc2csc(C(=O)N3CCN(Cc4cccs4)CC3)c2)c1. The maximum atomic E-state index is 12.9. The fourth-order valence-electron chi connectivity index (χ4n) is 3.48. The molecule has 3 heterocycles. The molecule has 0 N–H and O–H groups in total. The Morgan fingerprint density at radius 3 is 2.66 bits per heavy atom. The number of carbonyl (C=O) groups is 1. The highest BCUT2D eigenvalue weighted by Gasteiger charge is 2.23. The zero-order chi connectivity index (χ0) is 20.2. The smallest absolute Gasteiger partial charge is 0.264 e. The summed E-state index contributed by atoms with van der Waals surface area (Å²) in [5.41, 5.74) is 3.36. The Hall–Kier alpha value is -2.15. The van der Waals surface area contributed by atoms with Crippen molar-refractivity contribution in [1.29, 1.82) is 0 Å². The maximum Gasteiger partial charge on any atom is 0.264 e. The highest BCUT2D eigenvalue weighted by Crippen LogP contribution is 2.23. The first-order valence-corrected chi connectivity index (χ1v) is 11.7. The van der Waals surface area contributed by atoms with Gasteiger partial charge < -0.3 is 9.64 Å². The second-order valence-corrected chi connectivity index (χ2v) is 9.47. The van der Waals surface area contributed by atoms with Gasteiger partial charge in [-0.3, -0.25) is 9.69 Å². The number of amides is 1. The van der Waals surface area contributed by atoms with Crippen LogP contribution in [0.4, 0.5) is 0 Å². The first-order valence-electron chi connectivity index (χ1n) is 9.90. The largest absolute Gasteiger partial charge is 0.489 e. The van der Waals surface area contributed by atoms with Crippen LogP contribution in [0.5, 0.6) is 5.75 Å². The summed E-state index contributed by atoms with van der Waals surface area (Å²) in [4.78, 5) is 19.5. The zero-order valence-electron chi connectivity index (χ0n) is 16.9. The van der Waals surface area contributed by atoms with Gasteiger partial charge >= 0.3 is 0 Å². The fraction of sp³-hybridized carbons (Fsp3) is 0.348. The van der Waals surface area contributed by atoms with E-state index in [-0.39, 0.29) is 5.91 Å². The Labute approximate surface area is 180 Å². The number of benzene rings is 1. The lowest BCUT2D eigenvalue weighted by atomic mass is 10.1. The Balaban J connectivity index is 1.30. The summed E-state index contributed by atoms with van der Waals surface area (Å²) < 4.78 is 5.98. The van der Waals surface area contributed by atoms with Crippen molar-refractivity contribution in [3.05, 3.63) is 73.6 Å². The van der Waals surface area contributed by atoms with Gasteiger partial charge in [0.2, 0.25) is 0 Å². The molecule has 6 heteroatoms. The first-order chi connectivity index (χ1) is 14.1. The number of aryl methyl sites for hydroxylation is 2. The molecule has 1 amide bonds. The molecule has 1 aliphatic rings. The number of rotatable bonds is 6. The monoisotopic (exact) mass is 426 g/mol. The Kier molecular flexibility index (Phi) is 6.33. The molecule has 4 nitrogen and oxygen atoms in total. The minimum absolute atomic E-state index is 0.142. The molecule has 0 saturated carbocycles. The molecule has 1 aromatic carbocycles. The number of hydrogen-bond donors (Lipinski definition) is 0. The van der Waals surface area contributed by atoms with E-state index in [2.05, 4.69) is 54.5 Å². The average molecular weight is 427 g/mol. The predicted octanol–water partition coefficient (Wildman–Crippen LogP) is 4.96. The minimum atomic E-state index is 0.142. The van der Waals surface area contributed by atoms with Gasteiger partial charge in [-0.1, -0.05) is 18.2 Å². The van der Waals surface area contributed by atoms with Gasteiger partial charge in [0, 0.05) is 43.2 Å². The van der Waals surface area contributed by atoms with E-state index in [1.807, 2.05) is 16.3 Å². The van der Waals surface area contributed by atoms with Crippen LogP contribution in [-0.4, -0.2) is 41.9 Å². The van der Waals surface area contributed by atoms with Crippen molar-refractivity contribution in [3.63, 3.8) is 0 Å². The van der Waals surface area contributed by atoms with E-state index in [0.717, 1.165) is 54.5 Å². The zero-order valence-corrected chi connectivity index (χ0v) is 18.5. The molecule has 1 saturated heterocycles. The van der Waals surface area contributed by atoms with Crippen molar-refractivity contribution >= 4 is 28.6 Å². The van der Waals surface area contributed by atoms with Gasteiger partial charge in [-0.15, -0.1) is 22.7 Å². The summed E-state index contributed by atoms with van der Waals surface area (Å²) in [5, 5.41) is 4.15. The molecule has 1 aliphatic heterocycles. The summed E-state index contributed by atoms with van der Waals surface area (Å²) in [7, 11) is 0. The number of piperazine rings is 1. The van der Waals surface area contributed by atoms with Crippen molar-refractivity contribution in [2.75, 3.05) is 26.2 Å². The summed E-state index contributed by atoms with van der Waals surface area (Å²) in [6, 6.07) is 12.5. The lowest BCUT2D eigenvalue weighted by molar-refractivity contribution is 0.0634. The van der Waals surface area contributed by atoms with E-state index in [4.69, 9.17) is 4.74 Å². The van der Waals surface area contributed by atoms with Crippen LogP contribution in [0.1, 0.15) is 31.2 Å². The van der Waals surface area contributed by atoms with Crippen molar-refractivity contribution in [1.82, 2.24) is 9.80 Å². The summed E-state index contributed by atoms with van der Waals surface area (Å²) in [6.45, 7) is 9.02. The number of hydrogen-bond acceptors (Lipinski definition) is 5. The Morgan fingerprint density at radius 2 is 1.90 bits per heavy atom.